The van der Waals surface area contributed by atoms with Crippen LogP contribution in [0.25, 0.3) is 0 Å². The standard InChI is InChI=1S/C21H23FN2O4/c1-27-16-3-4-18(22)21(8-16)28-17-6-13-10-24(11-14(13)7-17)12-20(26)19-5-2-15(25)9-23-19/h2-5,8-9,13-14,17,25H,6-7,10-12H2,1H3. The molecule has 1 saturated carbocycles. The van der Waals surface area contributed by atoms with E-state index in [1.807, 2.05) is 0 Å². The summed E-state index contributed by atoms with van der Waals surface area (Å²) in [5.74, 6) is 1.30. The van der Waals surface area contributed by atoms with Crippen molar-refractivity contribution < 1.29 is 23.8 Å². The molecule has 1 N–H and O–H groups in total. The summed E-state index contributed by atoms with van der Waals surface area (Å²) in [6, 6.07) is 7.52. The quantitative estimate of drug-likeness (QED) is 0.770. The smallest absolute Gasteiger partial charge is 0.195 e. The van der Waals surface area contributed by atoms with Crippen LogP contribution in [0.4, 0.5) is 4.39 Å². The van der Waals surface area contributed by atoms with Crippen molar-refractivity contribution >= 4 is 5.78 Å². The van der Waals surface area contributed by atoms with Gasteiger partial charge in [0.15, 0.2) is 17.3 Å². The molecule has 2 unspecified atom stereocenters. The third kappa shape index (κ3) is 3.94. The van der Waals surface area contributed by atoms with Crippen molar-refractivity contribution in [3.63, 3.8) is 0 Å². The van der Waals surface area contributed by atoms with Crippen LogP contribution in [0.2, 0.25) is 0 Å². The number of hydrogen-bond donors (Lipinski definition) is 1. The average molecular weight is 386 g/mol. The first-order valence-corrected chi connectivity index (χ1v) is 9.42. The van der Waals surface area contributed by atoms with Crippen molar-refractivity contribution in [2.45, 2.75) is 18.9 Å². The summed E-state index contributed by atoms with van der Waals surface area (Å²) < 4.78 is 25.0. The molecule has 2 fully saturated rings. The monoisotopic (exact) mass is 386 g/mol. The number of methoxy groups -OCH3 is 1. The summed E-state index contributed by atoms with van der Waals surface area (Å²) in [5, 5.41) is 9.28. The first-order chi connectivity index (χ1) is 13.5. The van der Waals surface area contributed by atoms with Gasteiger partial charge in [0.05, 0.1) is 26.0 Å². The van der Waals surface area contributed by atoms with Crippen LogP contribution in [0.15, 0.2) is 36.5 Å². The van der Waals surface area contributed by atoms with E-state index in [9.17, 15) is 14.3 Å². The molecule has 4 rings (SSSR count). The second kappa shape index (κ2) is 7.75. The molecular formula is C21H23FN2O4. The van der Waals surface area contributed by atoms with Crippen LogP contribution >= 0.6 is 0 Å². The van der Waals surface area contributed by atoms with Gasteiger partial charge in [-0.1, -0.05) is 0 Å². The molecule has 0 bridgehead atoms. The van der Waals surface area contributed by atoms with E-state index in [0.29, 0.717) is 29.8 Å². The zero-order valence-corrected chi connectivity index (χ0v) is 15.7. The van der Waals surface area contributed by atoms with Crippen molar-refractivity contribution in [1.82, 2.24) is 9.88 Å². The number of pyridine rings is 1. The Morgan fingerprint density at radius 2 is 2.00 bits per heavy atom. The highest BCUT2D eigenvalue weighted by molar-refractivity contribution is 5.95. The van der Waals surface area contributed by atoms with E-state index in [2.05, 4.69) is 9.88 Å². The summed E-state index contributed by atoms with van der Waals surface area (Å²) in [6.07, 6.45) is 2.96. The highest BCUT2D eigenvalue weighted by Gasteiger charge is 2.42. The normalized spacial score (nSPS) is 24.1. The fraction of sp³-hybridized carbons (Fsp3) is 0.429. The molecule has 2 atom stereocenters. The Balaban J connectivity index is 1.31. The SMILES string of the molecule is COc1ccc(F)c(OC2CC3CN(CC(=O)c4ccc(O)cn4)CC3C2)c1. The Morgan fingerprint density at radius 1 is 1.25 bits per heavy atom. The molecule has 2 heterocycles. The third-order valence-corrected chi connectivity index (χ3v) is 5.62. The molecule has 2 aromatic rings. The number of halogens is 1. The minimum absolute atomic E-state index is 0.0202. The zero-order chi connectivity index (χ0) is 19.7. The van der Waals surface area contributed by atoms with E-state index in [-0.39, 0.29) is 29.2 Å². The fourth-order valence-corrected chi connectivity index (χ4v) is 4.28. The average Bonchev–Trinajstić information content (AvgIpc) is 3.21. The highest BCUT2D eigenvalue weighted by atomic mass is 19.1. The summed E-state index contributed by atoms with van der Waals surface area (Å²) in [4.78, 5) is 18.5. The molecule has 1 aliphatic heterocycles. The van der Waals surface area contributed by atoms with Gasteiger partial charge in [-0.25, -0.2) is 9.37 Å². The highest BCUT2D eigenvalue weighted by Crippen LogP contribution is 2.40. The first-order valence-electron chi connectivity index (χ1n) is 9.42. The van der Waals surface area contributed by atoms with Crippen molar-refractivity contribution in [1.29, 1.82) is 0 Å². The van der Waals surface area contributed by atoms with Gasteiger partial charge < -0.3 is 14.6 Å². The Bertz CT molecular complexity index is 844. The maximum absolute atomic E-state index is 14.0. The van der Waals surface area contributed by atoms with Crippen LogP contribution in [-0.2, 0) is 0 Å². The van der Waals surface area contributed by atoms with Gasteiger partial charge in [0, 0.05) is 19.2 Å². The van der Waals surface area contributed by atoms with Gasteiger partial charge in [0.2, 0.25) is 0 Å². The molecule has 28 heavy (non-hydrogen) atoms. The topological polar surface area (TPSA) is 71.9 Å². The largest absolute Gasteiger partial charge is 0.506 e. The van der Waals surface area contributed by atoms with Gasteiger partial charge in [-0.3, -0.25) is 9.69 Å². The number of carbonyl (C=O) groups is 1. The zero-order valence-electron chi connectivity index (χ0n) is 15.7. The number of Topliss-reactive ketones (excluding diaryl/α,β-unsaturated/α-hetero) is 1. The summed E-state index contributed by atoms with van der Waals surface area (Å²) in [6.45, 7) is 1.98. The second-order valence-corrected chi connectivity index (χ2v) is 7.55. The molecule has 1 aromatic heterocycles. The minimum Gasteiger partial charge on any atom is -0.506 e. The first kappa shape index (κ1) is 18.7. The number of aromatic nitrogens is 1. The summed E-state index contributed by atoms with van der Waals surface area (Å²) in [5.41, 5.74) is 0.365. The van der Waals surface area contributed by atoms with Gasteiger partial charge in [-0.15, -0.1) is 0 Å². The lowest BCUT2D eigenvalue weighted by Crippen LogP contribution is -2.30. The van der Waals surface area contributed by atoms with Crippen molar-refractivity contribution in [3.05, 3.63) is 48.0 Å². The Hall–Kier alpha value is -2.67. The van der Waals surface area contributed by atoms with Crippen LogP contribution in [0.1, 0.15) is 23.3 Å². The van der Waals surface area contributed by atoms with E-state index in [4.69, 9.17) is 9.47 Å². The number of benzene rings is 1. The second-order valence-electron chi connectivity index (χ2n) is 7.55. The molecule has 1 aliphatic carbocycles. The fourth-order valence-electron chi connectivity index (χ4n) is 4.28. The van der Waals surface area contributed by atoms with Gasteiger partial charge in [0.1, 0.15) is 17.2 Å². The van der Waals surface area contributed by atoms with Crippen molar-refractivity contribution in [2.24, 2.45) is 11.8 Å². The van der Waals surface area contributed by atoms with E-state index in [1.54, 1.807) is 25.3 Å². The Labute approximate surface area is 162 Å². The molecule has 0 radical (unpaired) electrons. The number of rotatable bonds is 6. The molecule has 7 heteroatoms. The molecular weight excluding hydrogens is 363 g/mol. The van der Waals surface area contributed by atoms with Crippen molar-refractivity contribution in [3.8, 4) is 17.2 Å². The predicted octanol–water partition coefficient (Wildman–Crippen LogP) is 2.91. The number of likely N-dealkylation sites (tertiary alicyclic amines) is 1. The number of aromatic hydroxyl groups is 1. The van der Waals surface area contributed by atoms with Crippen molar-refractivity contribution in [2.75, 3.05) is 26.7 Å². The molecule has 1 saturated heterocycles. The molecule has 1 aromatic carbocycles. The summed E-state index contributed by atoms with van der Waals surface area (Å²) >= 11 is 0. The molecule has 0 spiro atoms. The molecule has 6 nitrogen and oxygen atoms in total. The molecule has 2 aliphatic rings. The number of ether oxygens (including phenoxy) is 2. The lowest BCUT2D eigenvalue weighted by molar-refractivity contribution is 0.0931. The number of carbonyl (C=O) groups excluding carboxylic acids is 1. The molecule has 148 valence electrons. The number of ketones is 1. The Kier molecular flexibility index (Phi) is 5.17. The molecule has 0 amide bonds. The van der Waals surface area contributed by atoms with Gasteiger partial charge in [0.25, 0.3) is 0 Å². The number of fused-ring (bicyclic) bond motifs is 1. The van der Waals surface area contributed by atoms with Crippen LogP contribution in [0.3, 0.4) is 0 Å². The lowest BCUT2D eigenvalue weighted by atomic mass is 10.0. The third-order valence-electron chi connectivity index (χ3n) is 5.62. The van der Waals surface area contributed by atoms with Gasteiger partial charge in [-0.05, 0) is 48.9 Å². The van der Waals surface area contributed by atoms with Gasteiger partial charge >= 0.3 is 0 Å². The van der Waals surface area contributed by atoms with Crippen LogP contribution < -0.4 is 9.47 Å². The van der Waals surface area contributed by atoms with E-state index in [1.165, 1.54) is 18.3 Å². The number of nitrogens with zero attached hydrogens (tertiary/aromatic N) is 2. The maximum Gasteiger partial charge on any atom is 0.195 e. The van der Waals surface area contributed by atoms with E-state index >= 15 is 0 Å². The summed E-state index contributed by atoms with van der Waals surface area (Å²) in [7, 11) is 1.54. The number of hydrogen-bond acceptors (Lipinski definition) is 6. The van der Waals surface area contributed by atoms with Crippen LogP contribution in [-0.4, -0.2) is 53.6 Å². The minimum atomic E-state index is -0.383. The lowest BCUT2D eigenvalue weighted by Gasteiger charge is -2.19. The van der Waals surface area contributed by atoms with Crippen LogP contribution in [0.5, 0.6) is 17.2 Å². The predicted molar refractivity (Wildman–Crippen MR) is 100 cm³/mol. The maximum atomic E-state index is 14.0. The Morgan fingerprint density at radius 3 is 2.64 bits per heavy atom. The van der Waals surface area contributed by atoms with E-state index < -0.39 is 0 Å². The van der Waals surface area contributed by atoms with Gasteiger partial charge in [-0.2, -0.15) is 0 Å². The van der Waals surface area contributed by atoms with Crippen LogP contribution in [0, 0.1) is 17.7 Å². The van der Waals surface area contributed by atoms with E-state index in [0.717, 1.165) is 25.9 Å².